The first kappa shape index (κ1) is 25.7. The van der Waals surface area contributed by atoms with Crippen LogP contribution in [0.15, 0.2) is 39.9 Å². The lowest BCUT2D eigenvalue weighted by Crippen LogP contribution is -2.34. The molecule has 35 heavy (non-hydrogen) atoms. The van der Waals surface area contributed by atoms with Crippen LogP contribution in [0.1, 0.15) is 63.5 Å². The Bertz CT molecular complexity index is 1370. The molecule has 0 radical (unpaired) electrons. The van der Waals surface area contributed by atoms with Crippen molar-refractivity contribution in [3.05, 3.63) is 62.4 Å². The fourth-order valence-corrected chi connectivity index (χ4v) is 3.61. The van der Waals surface area contributed by atoms with E-state index >= 15 is 0 Å². The molecule has 186 valence electrons. The second-order valence-corrected chi connectivity index (χ2v) is 9.46. The van der Waals surface area contributed by atoms with Crippen LogP contribution < -0.4 is 27.2 Å². The first-order valence-electron chi connectivity index (χ1n) is 11.6. The molecule has 0 aliphatic carbocycles. The zero-order chi connectivity index (χ0) is 25.9. The van der Waals surface area contributed by atoms with Crippen molar-refractivity contribution in [2.75, 3.05) is 10.6 Å². The number of urea groups is 1. The number of carbonyl (C=O) groups excluding carboxylic acids is 2. The van der Waals surface area contributed by atoms with Gasteiger partial charge in [-0.05, 0) is 43.9 Å². The average Bonchev–Trinajstić information content (AvgIpc) is 2.76. The Labute approximate surface area is 203 Å². The van der Waals surface area contributed by atoms with Crippen molar-refractivity contribution in [1.82, 2.24) is 19.9 Å². The summed E-state index contributed by atoms with van der Waals surface area (Å²) in [6.07, 6.45) is 0. The number of carbonyl (C=O) groups is 2. The number of anilines is 2. The van der Waals surface area contributed by atoms with Crippen molar-refractivity contribution in [2.24, 2.45) is 5.92 Å². The van der Waals surface area contributed by atoms with Gasteiger partial charge in [0.25, 0.3) is 11.5 Å². The molecule has 2 aromatic heterocycles. The van der Waals surface area contributed by atoms with E-state index in [4.69, 9.17) is 0 Å². The van der Waals surface area contributed by atoms with Crippen molar-refractivity contribution in [2.45, 2.75) is 60.0 Å². The summed E-state index contributed by atoms with van der Waals surface area (Å²) in [5, 5.41) is 8.29. The van der Waals surface area contributed by atoms with Crippen molar-refractivity contribution in [1.29, 1.82) is 0 Å². The molecule has 3 rings (SSSR count). The minimum Gasteiger partial charge on any atom is -0.336 e. The molecule has 10 nitrogen and oxygen atoms in total. The van der Waals surface area contributed by atoms with Gasteiger partial charge in [0.1, 0.15) is 0 Å². The van der Waals surface area contributed by atoms with E-state index < -0.39 is 23.2 Å². The standard InChI is InChI=1S/C25H32N6O4/c1-13(2)12-31-21-20(23(33)30-25(31)35)16(11-19(27-21)14(3)4)22(32)28-17-9-7-8-10-18(17)29-24(34)26-15(5)6/h7-11,13-15H,12H2,1-6H3,(H,28,32)(H2,26,29,34)(H,30,33,35). The number of nitrogens with one attached hydrogen (secondary N) is 4. The fraction of sp³-hybridized carbons (Fsp3) is 0.400. The van der Waals surface area contributed by atoms with Crippen LogP contribution in [0.25, 0.3) is 11.0 Å². The summed E-state index contributed by atoms with van der Waals surface area (Å²) in [5.41, 5.74) is 0.354. The lowest BCUT2D eigenvalue weighted by atomic mass is 10.0. The van der Waals surface area contributed by atoms with E-state index in [0.717, 1.165) is 0 Å². The molecule has 0 saturated carbocycles. The van der Waals surface area contributed by atoms with Crippen molar-refractivity contribution < 1.29 is 9.59 Å². The summed E-state index contributed by atoms with van der Waals surface area (Å²) in [7, 11) is 0. The quantitative estimate of drug-likeness (QED) is 0.409. The summed E-state index contributed by atoms with van der Waals surface area (Å²) in [6, 6.07) is 7.86. The van der Waals surface area contributed by atoms with Gasteiger partial charge in [-0.15, -0.1) is 0 Å². The molecule has 0 spiro atoms. The second kappa shape index (κ2) is 10.5. The Morgan fingerprint density at radius 2 is 1.63 bits per heavy atom. The van der Waals surface area contributed by atoms with Gasteiger partial charge in [-0.1, -0.05) is 39.8 Å². The number of fused-ring (bicyclic) bond motifs is 1. The second-order valence-electron chi connectivity index (χ2n) is 9.46. The number of rotatable bonds is 7. The van der Waals surface area contributed by atoms with E-state index in [9.17, 15) is 19.2 Å². The molecule has 0 atom stereocenters. The highest BCUT2D eigenvalue weighted by atomic mass is 16.2. The van der Waals surface area contributed by atoms with Crippen molar-refractivity contribution >= 4 is 34.3 Å². The SMILES string of the molecule is CC(C)Cn1c(=O)[nH]c(=O)c2c(C(=O)Nc3ccccc3NC(=O)NC(C)C)cc(C(C)C)nc21. The summed E-state index contributed by atoms with van der Waals surface area (Å²) in [5.74, 6) is -0.502. The molecule has 0 bridgehead atoms. The van der Waals surface area contributed by atoms with E-state index in [0.29, 0.717) is 23.6 Å². The third kappa shape index (κ3) is 5.95. The first-order chi connectivity index (χ1) is 16.5. The third-order valence-corrected chi connectivity index (χ3v) is 5.20. The number of hydrogen-bond donors (Lipinski definition) is 4. The molecule has 0 saturated heterocycles. The van der Waals surface area contributed by atoms with E-state index in [1.165, 1.54) is 4.57 Å². The molecular formula is C25H32N6O4. The zero-order valence-corrected chi connectivity index (χ0v) is 20.9. The van der Waals surface area contributed by atoms with Crippen LogP contribution in [0.2, 0.25) is 0 Å². The summed E-state index contributed by atoms with van der Waals surface area (Å²) in [6.45, 7) is 11.7. The highest BCUT2D eigenvalue weighted by molar-refractivity contribution is 6.13. The molecule has 1 aromatic carbocycles. The lowest BCUT2D eigenvalue weighted by Gasteiger charge is -2.17. The minimum atomic E-state index is -0.680. The molecule has 4 N–H and O–H groups in total. The number of hydrogen-bond acceptors (Lipinski definition) is 5. The number of benzene rings is 1. The number of amides is 3. The monoisotopic (exact) mass is 480 g/mol. The Morgan fingerprint density at radius 1 is 1.00 bits per heavy atom. The highest BCUT2D eigenvalue weighted by Crippen LogP contribution is 2.25. The largest absolute Gasteiger partial charge is 0.336 e. The van der Waals surface area contributed by atoms with Crippen LogP contribution in [-0.2, 0) is 6.54 Å². The number of aromatic amines is 1. The Kier molecular flexibility index (Phi) is 7.73. The van der Waals surface area contributed by atoms with E-state index in [-0.39, 0.29) is 34.5 Å². The number of H-pyrrole nitrogens is 1. The van der Waals surface area contributed by atoms with Crippen LogP contribution in [0.4, 0.5) is 16.2 Å². The molecule has 0 aliphatic rings. The number of para-hydroxylation sites is 2. The molecule has 0 fully saturated rings. The molecule has 3 aromatic rings. The van der Waals surface area contributed by atoms with E-state index in [1.54, 1.807) is 30.3 Å². The van der Waals surface area contributed by atoms with Crippen LogP contribution in [-0.4, -0.2) is 32.5 Å². The van der Waals surface area contributed by atoms with Gasteiger partial charge in [0, 0.05) is 18.3 Å². The van der Waals surface area contributed by atoms with Gasteiger partial charge in [-0.2, -0.15) is 0 Å². The number of aromatic nitrogens is 3. The van der Waals surface area contributed by atoms with Crippen LogP contribution in [0, 0.1) is 5.92 Å². The Balaban J connectivity index is 2.12. The summed E-state index contributed by atoms with van der Waals surface area (Å²) in [4.78, 5) is 58.0. The van der Waals surface area contributed by atoms with E-state index in [2.05, 4.69) is 25.9 Å². The fourth-order valence-electron chi connectivity index (χ4n) is 3.61. The van der Waals surface area contributed by atoms with Gasteiger partial charge < -0.3 is 16.0 Å². The van der Waals surface area contributed by atoms with Gasteiger partial charge in [0.15, 0.2) is 5.65 Å². The summed E-state index contributed by atoms with van der Waals surface area (Å²) >= 11 is 0. The minimum absolute atomic E-state index is 0.0372. The molecule has 3 amide bonds. The third-order valence-electron chi connectivity index (χ3n) is 5.20. The molecule has 10 heteroatoms. The molecule has 0 aliphatic heterocycles. The van der Waals surface area contributed by atoms with Crippen LogP contribution in [0.3, 0.4) is 0 Å². The van der Waals surface area contributed by atoms with Gasteiger partial charge in [-0.25, -0.2) is 14.6 Å². The maximum Gasteiger partial charge on any atom is 0.330 e. The van der Waals surface area contributed by atoms with Gasteiger partial charge in [0.2, 0.25) is 0 Å². The summed E-state index contributed by atoms with van der Waals surface area (Å²) < 4.78 is 1.40. The van der Waals surface area contributed by atoms with Gasteiger partial charge >= 0.3 is 11.7 Å². The van der Waals surface area contributed by atoms with Gasteiger partial charge in [0.05, 0.1) is 22.3 Å². The highest BCUT2D eigenvalue weighted by Gasteiger charge is 2.22. The van der Waals surface area contributed by atoms with Crippen LogP contribution >= 0.6 is 0 Å². The maximum atomic E-state index is 13.5. The normalized spacial score (nSPS) is 11.3. The predicted molar refractivity (Wildman–Crippen MR) is 137 cm³/mol. The van der Waals surface area contributed by atoms with Crippen molar-refractivity contribution in [3.63, 3.8) is 0 Å². The number of nitrogens with zero attached hydrogens (tertiary/aromatic N) is 2. The topological polar surface area (TPSA) is 138 Å². The first-order valence-corrected chi connectivity index (χ1v) is 11.6. The van der Waals surface area contributed by atoms with Crippen LogP contribution in [0.5, 0.6) is 0 Å². The predicted octanol–water partition coefficient (Wildman–Crippen LogP) is 3.65. The molecule has 2 heterocycles. The smallest absolute Gasteiger partial charge is 0.330 e. The lowest BCUT2D eigenvalue weighted by molar-refractivity contribution is 0.102. The van der Waals surface area contributed by atoms with Crippen molar-refractivity contribution in [3.8, 4) is 0 Å². The Hall–Kier alpha value is -3.95. The molecule has 0 unspecified atom stereocenters. The molecular weight excluding hydrogens is 448 g/mol. The van der Waals surface area contributed by atoms with Gasteiger partial charge in [-0.3, -0.25) is 19.1 Å². The number of pyridine rings is 1. The Morgan fingerprint density at radius 3 is 2.20 bits per heavy atom. The average molecular weight is 481 g/mol. The zero-order valence-electron chi connectivity index (χ0n) is 20.9. The maximum absolute atomic E-state index is 13.5. The van der Waals surface area contributed by atoms with E-state index in [1.807, 2.05) is 41.5 Å².